The first-order valence-electron chi connectivity index (χ1n) is 11.6. The van der Waals surface area contributed by atoms with E-state index in [1.54, 1.807) is 15.8 Å². The third kappa shape index (κ3) is 2.90. The maximum absolute atomic E-state index is 12.8. The van der Waals surface area contributed by atoms with Gasteiger partial charge in [0.2, 0.25) is 5.91 Å². The highest BCUT2D eigenvalue weighted by atomic mass is 16.2. The number of fused-ring (bicyclic) bond motifs is 2. The van der Waals surface area contributed by atoms with Crippen LogP contribution >= 0.6 is 0 Å². The molecule has 0 N–H and O–H groups in total. The molecule has 1 aliphatic heterocycles. The summed E-state index contributed by atoms with van der Waals surface area (Å²) in [6.45, 7) is 4.45. The third-order valence-electron chi connectivity index (χ3n) is 7.21. The van der Waals surface area contributed by atoms with Crippen LogP contribution in [-0.4, -0.2) is 42.2 Å². The van der Waals surface area contributed by atoms with E-state index >= 15 is 0 Å². The molecule has 170 valence electrons. The number of nitrogens with zero attached hydrogens (tertiary/aromatic N) is 7. The second-order valence-electron chi connectivity index (χ2n) is 9.42. The SMILES string of the molecule is Cc1c(-c2nc3cccc(-c4nc(C5CC5)n5c4CN(C)C(=O)[C@@H]5C)c3cc2C#N)cnn1C. The van der Waals surface area contributed by atoms with E-state index in [9.17, 15) is 10.1 Å². The summed E-state index contributed by atoms with van der Waals surface area (Å²) in [5.41, 5.74) is 6.65. The Morgan fingerprint density at radius 3 is 2.59 bits per heavy atom. The van der Waals surface area contributed by atoms with Crippen LogP contribution < -0.4 is 0 Å². The number of amides is 1. The number of aryl methyl sites for hydroxylation is 1. The molecule has 1 amide bonds. The number of carbonyl (C=O) groups is 1. The van der Waals surface area contributed by atoms with E-state index in [1.807, 2.05) is 52.2 Å². The van der Waals surface area contributed by atoms with Gasteiger partial charge in [0.25, 0.3) is 0 Å². The van der Waals surface area contributed by atoms with Crippen LogP contribution in [0.1, 0.15) is 54.5 Å². The van der Waals surface area contributed by atoms with Gasteiger partial charge in [-0.3, -0.25) is 9.48 Å². The highest BCUT2D eigenvalue weighted by Gasteiger charge is 2.38. The van der Waals surface area contributed by atoms with Crippen LogP contribution in [0.3, 0.4) is 0 Å². The molecule has 6 rings (SSSR count). The standard InChI is InChI=1S/C26H25N7O/c1-14-20(12-28-32(14)4)23-17(11-27)10-19-18(6-5-7-21(19)29-23)24-22-13-31(3)26(34)15(2)33(22)25(30-24)16-8-9-16/h5-7,10,12,15-16H,8-9,13H2,1-4H3/t15-/m0/s1. The smallest absolute Gasteiger partial charge is 0.245 e. The van der Waals surface area contributed by atoms with Crippen molar-refractivity contribution in [3.05, 3.63) is 53.2 Å². The van der Waals surface area contributed by atoms with Gasteiger partial charge in [-0.2, -0.15) is 10.4 Å². The van der Waals surface area contributed by atoms with Crippen LogP contribution in [0.15, 0.2) is 30.5 Å². The van der Waals surface area contributed by atoms with Gasteiger partial charge in [-0.1, -0.05) is 12.1 Å². The minimum absolute atomic E-state index is 0.112. The number of hydrogen-bond acceptors (Lipinski definition) is 5. The molecule has 1 fully saturated rings. The Morgan fingerprint density at radius 1 is 1.12 bits per heavy atom. The molecule has 1 saturated carbocycles. The second-order valence-corrected chi connectivity index (χ2v) is 9.42. The summed E-state index contributed by atoms with van der Waals surface area (Å²) < 4.78 is 3.94. The summed E-state index contributed by atoms with van der Waals surface area (Å²) >= 11 is 0. The average Bonchev–Trinajstić information content (AvgIpc) is 3.54. The number of aromatic nitrogens is 5. The average molecular weight is 452 g/mol. The number of pyridine rings is 1. The maximum Gasteiger partial charge on any atom is 0.245 e. The third-order valence-corrected chi connectivity index (χ3v) is 7.21. The van der Waals surface area contributed by atoms with Gasteiger partial charge in [-0.05, 0) is 38.8 Å². The van der Waals surface area contributed by atoms with Crippen molar-refractivity contribution in [1.82, 2.24) is 29.2 Å². The van der Waals surface area contributed by atoms with E-state index in [-0.39, 0.29) is 11.9 Å². The fourth-order valence-electron chi connectivity index (χ4n) is 5.07. The van der Waals surface area contributed by atoms with Crippen molar-refractivity contribution in [3.8, 4) is 28.6 Å². The molecule has 8 nitrogen and oxygen atoms in total. The highest BCUT2D eigenvalue weighted by molar-refractivity contribution is 5.97. The van der Waals surface area contributed by atoms with Gasteiger partial charge >= 0.3 is 0 Å². The van der Waals surface area contributed by atoms with Crippen molar-refractivity contribution in [3.63, 3.8) is 0 Å². The molecule has 8 heteroatoms. The summed E-state index contributed by atoms with van der Waals surface area (Å²) in [7, 11) is 3.73. The zero-order valence-electron chi connectivity index (χ0n) is 19.7. The normalized spacial score (nSPS) is 17.8. The summed E-state index contributed by atoms with van der Waals surface area (Å²) in [6.07, 6.45) is 3.97. The monoisotopic (exact) mass is 451 g/mol. The van der Waals surface area contributed by atoms with E-state index in [0.717, 1.165) is 57.8 Å². The van der Waals surface area contributed by atoms with E-state index < -0.39 is 0 Å². The lowest BCUT2D eigenvalue weighted by molar-refractivity contribution is -0.135. The minimum Gasteiger partial charge on any atom is -0.338 e. The zero-order valence-corrected chi connectivity index (χ0v) is 19.7. The van der Waals surface area contributed by atoms with Crippen LogP contribution in [0, 0.1) is 18.3 Å². The molecular weight excluding hydrogens is 426 g/mol. The van der Waals surface area contributed by atoms with Crippen molar-refractivity contribution >= 4 is 16.8 Å². The Labute approximate surface area is 197 Å². The fraction of sp³-hybridized carbons (Fsp3) is 0.346. The second kappa shape index (κ2) is 7.26. The molecule has 0 spiro atoms. The Hall–Kier alpha value is -3.99. The molecule has 0 unspecified atom stereocenters. The molecule has 1 atom stereocenters. The van der Waals surface area contributed by atoms with Crippen molar-refractivity contribution in [2.75, 3.05) is 7.05 Å². The predicted molar refractivity (Wildman–Crippen MR) is 128 cm³/mol. The zero-order chi connectivity index (χ0) is 23.7. The van der Waals surface area contributed by atoms with Gasteiger partial charge in [-0.15, -0.1) is 0 Å². The van der Waals surface area contributed by atoms with E-state index in [2.05, 4.69) is 15.7 Å². The van der Waals surface area contributed by atoms with Crippen molar-refractivity contribution < 1.29 is 4.79 Å². The summed E-state index contributed by atoms with van der Waals surface area (Å²) in [6, 6.07) is 9.99. The largest absolute Gasteiger partial charge is 0.338 e. The molecule has 4 aromatic rings. The summed E-state index contributed by atoms with van der Waals surface area (Å²) in [5, 5.41) is 15.2. The van der Waals surface area contributed by atoms with Crippen molar-refractivity contribution in [2.45, 2.75) is 45.2 Å². The van der Waals surface area contributed by atoms with Crippen molar-refractivity contribution in [1.29, 1.82) is 5.26 Å². The van der Waals surface area contributed by atoms with Gasteiger partial charge in [-0.25, -0.2) is 9.97 Å². The van der Waals surface area contributed by atoms with Crippen LogP contribution in [0.5, 0.6) is 0 Å². The predicted octanol–water partition coefficient (Wildman–Crippen LogP) is 4.09. The lowest BCUT2D eigenvalue weighted by Gasteiger charge is -2.31. The number of hydrogen-bond donors (Lipinski definition) is 0. The van der Waals surface area contributed by atoms with Crippen LogP contribution in [0.4, 0.5) is 0 Å². The van der Waals surface area contributed by atoms with Crippen molar-refractivity contribution in [2.24, 2.45) is 7.05 Å². The maximum atomic E-state index is 12.8. The summed E-state index contributed by atoms with van der Waals surface area (Å²) in [4.78, 5) is 24.5. The van der Waals surface area contributed by atoms with E-state index in [1.165, 1.54) is 0 Å². The Morgan fingerprint density at radius 2 is 1.91 bits per heavy atom. The fourth-order valence-corrected chi connectivity index (χ4v) is 5.07. The molecule has 0 bridgehead atoms. The molecule has 4 heterocycles. The van der Waals surface area contributed by atoms with Gasteiger partial charge in [0.1, 0.15) is 17.9 Å². The first-order valence-corrected chi connectivity index (χ1v) is 11.6. The first-order chi connectivity index (χ1) is 16.4. The number of carbonyl (C=O) groups excluding carboxylic acids is 1. The molecule has 0 saturated heterocycles. The molecular formula is C26H25N7O. The molecule has 34 heavy (non-hydrogen) atoms. The lowest BCUT2D eigenvalue weighted by Crippen LogP contribution is -2.39. The minimum atomic E-state index is -0.270. The summed E-state index contributed by atoms with van der Waals surface area (Å²) in [5.74, 6) is 1.53. The highest BCUT2D eigenvalue weighted by Crippen LogP contribution is 2.45. The molecule has 1 aliphatic carbocycles. The van der Waals surface area contributed by atoms with Gasteiger partial charge in [0, 0.05) is 42.2 Å². The number of benzene rings is 1. The van der Waals surface area contributed by atoms with Gasteiger partial charge in [0.15, 0.2) is 0 Å². The van der Waals surface area contributed by atoms with E-state index in [4.69, 9.17) is 9.97 Å². The quantitative estimate of drug-likeness (QED) is 0.468. The molecule has 0 radical (unpaired) electrons. The molecule has 1 aromatic carbocycles. The van der Waals surface area contributed by atoms with Crippen LogP contribution in [-0.2, 0) is 18.4 Å². The first kappa shape index (κ1) is 20.6. The number of imidazole rings is 1. The molecule has 3 aromatic heterocycles. The number of nitriles is 1. The van der Waals surface area contributed by atoms with E-state index in [0.29, 0.717) is 23.7 Å². The Bertz CT molecular complexity index is 1530. The Balaban J connectivity index is 1.59. The van der Waals surface area contributed by atoms with Crippen LogP contribution in [0.2, 0.25) is 0 Å². The Kier molecular flexibility index (Phi) is 4.40. The number of rotatable bonds is 3. The van der Waals surface area contributed by atoms with Gasteiger partial charge in [0.05, 0.1) is 40.9 Å². The lowest BCUT2D eigenvalue weighted by atomic mass is 9.99. The topological polar surface area (TPSA) is 92.6 Å². The van der Waals surface area contributed by atoms with Gasteiger partial charge < -0.3 is 9.47 Å². The number of likely N-dealkylation sites (N-methyl/N-ethyl adjacent to an activating group) is 1. The molecule has 2 aliphatic rings. The van der Waals surface area contributed by atoms with Crippen LogP contribution in [0.25, 0.3) is 33.4 Å².